The van der Waals surface area contributed by atoms with Crippen LogP contribution in [0.15, 0.2) is 59.5 Å². The van der Waals surface area contributed by atoms with Gasteiger partial charge in [0.05, 0.1) is 16.7 Å². The average molecular weight is 406 g/mol. The van der Waals surface area contributed by atoms with Crippen LogP contribution in [0.25, 0.3) is 33.2 Å². The zero-order valence-corrected chi connectivity index (χ0v) is 16.2. The van der Waals surface area contributed by atoms with Crippen molar-refractivity contribution in [3.05, 3.63) is 65.0 Å². The van der Waals surface area contributed by atoms with E-state index >= 15 is 0 Å². The number of para-hydroxylation sites is 1. The van der Waals surface area contributed by atoms with Crippen molar-refractivity contribution in [2.45, 2.75) is 25.2 Å². The highest BCUT2D eigenvalue weighted by atomic mass is 19.3. The molecule has 1 fully saturated rings. The van der Waals surface area contributed by atoms with Crippen molar-refractivity contribution in [1.82, 2.24) is 15.0 Å². The van der Waals surface area contributed by atoms with Crippen LogP contribution < -0.4 is 10.3 Å². The third-order valence-corrected chi connectivity index (χ3v) is 5.60. The van der Waals surface area contributed by atoms with Crippen LogP contribution in [0.3, 0.4) is 0 Å². The van der Waals surface area contributed by atoms with E-state index in [9.17, 15) is 13.6 Å². The first kappa shape index (κ1) is 18.7. The highest BCUT2D eigenvalue weighted by Crippen LogP contribution is 2.35. The number of benzene rings is 1. The first-order valence-corrected chi connectivity index (χ1v) is 10.0. The molecule has 0 amide bonds. The maximum atomic E-state index is 14.0. The van der Waals surface area contributed by atoms with Crippen LogP contribution in [0.1, 0.15) is 19.3 Å². The zero-order valence-electron chi connectivity index (χ0n) is 16.2. The summed E-state index contributed by atoms with van der Waals surface area (Å²) in [5, 5.41) is 0.920. The summed E-state index contributed by atoms with van der Waals surface area (Å²) in [4.78, 5) is 26.8. The summed E-state index contributed by atoms with van der Waals surface area (Å²) in [7, 11) is 0. The number of nitrogens with zero attached hydrogens (tertiary/aromatic N) is 3. The Labute approximate surface area is 171 Å². The van der Waals surface area contributed by atoms with Crippen molar-refractivity contribution in [3.63, 3.8) is 0 Å². The Balaban J connectivity index is 1.71. The average Bonchev–Trinajstić information content (AvgIpc) is 2.93. The summed E-state index contributed by atoms with van der Waals surface area (Å²) in [6.07, 6.45) is 1.64. The summed E-state index contributed by atoms with van der Waals surface area (Å²) >= 11 is 0. The third kappa shape index (κ3) is 3.40. The molecule has 0 atom stereocenters. The molecule has 5 nitrogen and oxygen atoms in total. The summed E-state index contributed by atoms with van der Waals surface area (Å²) in [6.45, 7) is 0.706. The van der Waals surface area contributed by atoms with E-state index in [2.05, 4.69) is 9.97 Å². The first-order valence-electron chi connectivity index (χ1n) is 10.0. The highest BCUT2D eigenvalue weighted by Gasteiger charge is 2.32. The molecule has 5 rings (SSSR count). The van der Waals surface area contributed by atoms with E-state index in [1.165, 1.54) is 6.07 Å². The Bertz CT molecular complexity index is 1300. The molecule has 0 radical (unpaired) electrons. The number of aromatic nitrogens is 3. The quantitative estimate of drug-likeness (QED) is 0.521. The molecule has 7 heteroatoms. The van der Waals surface area contributed by atoms with Crippen molar-refractivity contribution in [3.8, 4) is 11.3 Å². The van der Waals surface area contributed by atoms with E-state index in [1.54, 1.807) is 18.3 Å². The van der Waals surface area contributed by atoms with E-state index in [0.29, 0.717) is 35.5 Å². The Morgan fingerprint density at radius 3 is 2.80 bits per heavy atom. The van der Waals surface area contributed by atoms with Gasteiger partial charge in [-0.25, -0.2) is 13.8 Å². The molecule has 152 valence electrons. The van der Waals surface area contributed by atoms with Gasteiger partial charge in [-0.05, 0) is 30.7 Å². The summed E-state index contributed by atoms with van der Waals surface area (Å²) in [6, 6.07) is 14.7. The molecule has 1 aliphatic heterocycles. The molecule has 4 heterocycles. The maximum absolute atomic E-state index is 14.0. The second kappa shape index (κ2) is 7.16. The van der Waals surface area contributed by atoms with Gasteiger partial charge in [-0.3, -0.25) is 9.78 Å². The fraction of sp³-hybridized carbons (Fsp3) is 0.261. The second-order valence-electron chi connectivity index (χ2n) is 7.70. The number of alkyl halides is 2. The Morgan fingerprint density at radius 1 is 1.03 bits per heavy atom. The number of fused-ring (bicyclic) bond motifs is 2. The van der Waals surface area contributed by atoms with Crippen LogP contribution >= 0.6 is 0 Å². The third-order valence-electron chi connectivity index (χ3n) is 5.60. The predicted molar refractivity (Wildman–Crippen MR) is 114 cm³/mol. The minimum absolute atomic E-state index is 0.120. The van der Waals surface area contributed by atoms with Crippen molar-refractivity contribution in [2.75, 3.05) is 18.0 Å². The molecule has 1 aromatic carbocycles. The molecule has 0 bridgehead atoms. The predicted octanol–water partition coefficient (Wildman–Crippen LogP) is 4.76. The molecule has 1 saturated heterocycles. The smallest absolute Gasteiger partial charge is 0.249 e. The van der Waals surface area contributed by atoms with E-state index in [-0.39, 0.29) is 24.8 Å². The summed E-state index contributed by atoms with van der Waals surface area (Å²) in [5.74, 6) is -2.04. The fourth-order valence-corrected chi connectivity index (χ4v) is 4.05. The van der Waals surface area contributed by atoms with Gasteiger partial charge in [0.15, 0.2) is 0 Å². The SMILES string of the molecule is O=c1cc(-c2cc3ccccc3nc2N2CCCC(F)(F)CC2)[nH]c2cccnc12. The largest absolute Gasteiger partial charge is 0.356 e. The van der Waals surface area contributed by atoms with E-state index in [4.69, 9.17) is 4.98 Å². The van der Waals surface area contributed by atoms with Crippen LogP contribution in [-0.2, 0) is 0 Å². The van der Waals surface area contributed by atoms with Crippen molar-refractivity contribution in [2.24, 2.45) is 0 Å². The Kier molecular flexibility index (Phi) is 4.46. The van der Waals surface area contributed by atoms with Crippen LogP contribution in [0.4, 0.5) is 14.6 Å². The minimum Gasteiger partial charge on any atom is -0.356 e. The van der Waals surface area contributed by atoms with Gasteiger partial charge in [0, 0.05) is 49.1 Å². The lowest BCUT2D eigenvalue weighted by molar-refractivity contribution is -0.0102. The second-order valence-corrected chi connectivity index (χ2v) is 7.70. The first-order chi connectivity index (χ1) is 14.5. The van der Waals surface area contributed by atoms with Gasteiger partial charge in [-0.15, -0.1) is 0 Å². The number of rotatable bonds is 2. The lowest BCUT2D eigenvalue weighted by Crippen LogP contribution is -2.27. The van der Waals surface area contributed by atoms with E-state index in [1.807, 2.05) is 35.2 Å². The molecule has 1 aliphatic rings. The van der Waals surface area contributed by atoms with Gasteiger partial charge in [0.25, 0.3) is 0 Å². The number of halogens is 2. The molecular weight excluding hydrogens is 386 g/mol. The number of H-pyrrole nitrogens is 1. The van der Waals surface area contributed by atoms with Gasteiger partial charge >= 0.3 is 0 Å². The number of anilines is 1. The molecule has 1 N–H and O–H groups in total. The molecule has 0 unspecified atom stereocenters. The summed E-state index contributed by atoms with van der Waals surface area (Å²) in [5.41, 5.74) is 2.91. The summed E-state index contributed by atoms with van der Waals surface area (Å²) < 4.78 is 27.9. The maximum Gasteiger partial charge on any atom is 0.249 e. The molecule has 0 spiro atoms. The van der Waals surface area contributed by atoms with Gasteiger partial charge in [0.2, 0.25) is 11.4 Å². The van der Waals surface area contributed by atoms with Crippen LogP contribution in [0.5, 0.6) is 0 Å². The van der Waals surface area contributed by atoms with Gasteiger partial charge < -0.3 is 9.88 Å². The van der Waals surface area contributed by atoms with E-state index < -0.39 is 5.92 Å². The molecule has 3 aromatic heterocycles. The normalized spacial score (nSPS) is 16.7. The lowest BCUT2D eigenvalue weighted by Gasteiger charge is -2.25. The van der Waals surface area contributed by atoms with Crippen LogP contribution in [-0.4, -0.2) is 34.0 Å². The molecular formula is C23H20F2N4O. The Morgan fingerprint density at radius 2 is 1.90 bits per heavy atom. The Hall–Kier alpha value is -3.35. The van der Waals surface area contributed by atoms with Crippen LogP contribution in [0.2, 0.25) is 0 Å². The molecule has 0 saturated carbocycles. The van der Waals surface area contributed by atoms with E-state index in [0.717, 1.165) is 16.5 Å². The molecule has 4 aromatic rings. The van der Waals surface area contributed by atoms with Crippen molar-refractivity contribution in [1.29, 1.82) is 0 Å². The number of pyridine rings is 3. The van der Waals surface area contributed by atoms with Gasteiger partial charge in [-0.2, -0.15) is 0 Å². The van der Waals surface area contributed by atoms with Crippen molar-refractivity contribution >= 4 is 27.8 Å². The number of nitrogens with one attached hydrogen (secondary N) is 1. The standard InChI is InChI=1S/C23H20F2N4O/c24-23(25)8-4-11-29(12-9-23)22-16(13-15-5-1-2-6-17(15)28-22)19-14-20(30)21-18(27-19)7-3-10-26-21/h1-3,5-7,10,13-14H,4,8-9,11-12H2,(H,27,30). The van der Waals surface area contributed by atoms with Gasteiger partial charge in [-0.1, -0.05) is 18.2 Å². The monoisotopic (exact) mass is 406 g/mol. The molecule has 0 aliphatic carbocycles. The lowest BCUT2D eigenvalue weighted by atomic mass is 10.1. The molecule has 30 heavy (non-hydrogen) atoms. The number of hydrogen-bond acceptors (Lipinski definition) is 4. The topological polar surface area (TPSA) is 61.9 Å². The van der Waals surface area contributed by atoms with Gasteiger partial charge in [0.1, 0.15) is 11.3 Å². The number of aromatic amines is 1. The highest BCUT2D eigenvalue weighted by molar-refractivity contribution is 5.90. The van der Waals surface area contributed by atoms with Crippen molar-refractivity contribution < 1.29 is 8.78 Å². The zero-order chi connectivity index (χ0) is 20.7. The minimum atomic E-state index is -2.66. The number of hydrogen-bond donors (Lipinski definition) is 1. The fourth-order valence-electron chi connectivity index (χ4n) is 4.05. The van der Waals surface area contributed by atoms with Crippen LogP contribution in [0, 0.1) is 0 Å².